The summed E-state index contributed by atoms with van der Waals surface area (Å²) in [5, 5.41) is 12.6. The summed E-state index contributed by atoms with van der Waals surface area (Å²) < 4.78 is 5.07. The van der Waals surface area contributed by atoms with Gasteiger partial charge in [0, 0.05) is 42.2 Å². The van der Waals surface area contributed by atoms with E-state index in [-0.39, 0.29) is 0 Å². The zero-order valence-electron chi connectivity index (χ0n) is 40.3. The zero-order chi connectivity index (χ0) is 48.7. The van der Waals surface area contributed by atoms with Gasteiger partial charge in [0.15, 0.2) is 0 Å². The van der Waals surface area contributed by atoms with Crippen molar-refractivity contribution >= 4 is 85.6 Å². The van der Waals surface area contributed by atoms with Gasteiger partial charge < -0.3 is 4.57 Å². The van der Waals surface area contributed by atoms with E-state index in [4.69, 9.17) is 0 Å². The molecule has 0 atom stereocenters. The Bertz CT molecular complexity index is 4690. The van der Waals surface area contributed by atoms with Crippen molar-refractivity contribution in [3.63, 3.8) is 0 Å². The molecule has 74 heavy (non-hydrogen) atoms. The summed E-state index contributed by atoms with van der Waals surface area (Å²) in [5.41, 5.74) is 18.2. The summed E-state index contributed by atoms with van der Waals surface area (Å²) in [6.45, 7) is 0. The molecule has 0 aliphatic heterocycles. The van der Waals surface area contributed by atoms with Crippen LogP contribution in [-0.4, -0.2) is 4.57 Å². The van der Waals surface area contributed by atoms with E-state index in [0.29, 0.717) is 0 Å². The fourth-order valence-electron chi connectivity index (χ4n) is 12.0. The highest BCUT2D eigenvalue weighted by Crippen LogP contribution is 2.48. The third-order valence-corrected chi connectivity index (χ3v) is 16.6. The molecule has 0 saturated carbocycles. The number of para-hydroxylation sites is 1. The Morgan fingerprint density at radius 1 is 0.243 bits per heavy atom. The molecule has 0 unspecified atom stereocenters. The first-order valence-electron chi connectivity index (χ1n) is 25.5. The molecule has 0 bridgehead atoms. The number of hydrogen-bond acceptors (Lipinski definition) is 1. The number of nitrogens with zero attached hydrogens (tertiary/aromatic N) is 1. The SMILES string of the molecule is c1ccc(-c2ccc3sc4c(-c5ccc6c(c5)c5ccccc5n6-c5cccc(-c6ccc7c(-c8ccccc8)c8ccccc8c(-c8cccc9ccccc89)c7c6)c5)cc(-c5ccccc5)cc4c3c2)cc1. The van der Waals surface area contributed by atoms with Crippen LogP contribution in [0.3, 0.4) is 0 Å². The molecule has 0 saturated heterocycles. The van der Waals surface area contributed by atoms with Gasteiger partial charge in [-0.2, -0.15) is 0 Å². The van der Waals surface area contributed by atoms with Crippen molar-refractivity contribution in [2.45, 2.75) is 0 Å². The topological polar surface area (TPSA) is 4.93 Å². The second-order valence-electron chi connectivity index (χ2n) is 19.5. The normalized spacial score (nSPS) is 11.8. The molecular formula is C72H45NS. The summed E-state index contributed by atoms with van der Waals surface area (Å²) >= 11 is 1.90. The largest absolute Gasteiger partial charge is 0.309 e. The van der Waals surface area contributed by atoms with Crippen molar-refractivity contribution in [1.29, 1.82) is 0 Å². The molecule has 0 aliphatic rings. The van der Waals surface area contributed by atoms with Crippen LogP contribution < -0.4 is 0 Å². The molecule has 15 rings (SSSR count). The molecule has 13 aromatic carbocycles. The van der Waals surface area contributed by atoms with Crippen molar-refractivity contribution in [3.05, 3.63) is 273 Å². The lowest BCUT2D eigenvalue weighted by Gasteiger charge is -2.20. The average molecular weight is 956 g/mol. The fraction of sp³-hybridized carbons (Fsp3) is 0. The van der Waals surface area contributed by atoms with Crippen molar-refractivity contribution in [2.75, 3.05) is 0 Å². The number of hydrogen-bond donors (Lipinski definition) is 0. The molecular weight excluding hydrogens is 911 g/mol. The first-order chi connectivity index (χ1) is 36.7. The van der Waals surface area contributed by atoms with Gasteiger partial charge in [-0.1, -0.05) is 212 Å². The van der Waals surface area contributed by atoms with Gasteiger partial charge in [-0.25, -0.2) is 0 Å². The minimum atomic E-state index is 1.13. The van der Waals surface area contributed by atoms with Crippen LogP contribution in [0.2, 0.25) is 0 Å². The van der Waals surface area contributed by atoms with Gasteiger partial charge in [0.1, 0.15) is 0 Å². The zero-order valence-corrected chi connectivity index (χ0v) is 41.2. The van der Waals surface area contributed by atoms with Crippen LogP contribution in [0.4, 0.5) is 0 Å². The van der Waals surface area contributed by atoms with Crippen LogP contribution in [-0.2, 0) is 0 Å². The van der Waals surface area contributed by atoms with Gasteiger partial charge in [0.05, 0.1) is 11.0 Å². The van der Waals surface area contributed by atoms with Crippen LogP contribution in [0.5, 0.6) is 0 Å². The molecule has 344 valence electrons. The molecule has 2 heterocycles. The van der Waals surface area contributed by atoms with Gasteiger partial charge in [-0.3, -0.25) is 0 Å². The molecule has 2 aromatic heterocycles. The van der Waals surface area contributed by atoms with Crippen LogP contribution in [0.25, 0.3) is 147 Å². The third-order valence-electron chi connectivity index (χ3n) is 15.4. The summed E-state index contributed by atoms with van der Waals surface area (Å²) in [7, 11) is 0. The predicted molar refractivity (Wildman–Crippen MR) is 319 cm³/mol. The van der Waals surface area contributed by atoms with Crippen molar-refractivity contribution in [2.24, 2.45) is 0 Å². The Morgan fingerprint density at radius 2 is 0.770 bits per heavy atom. The van der Waals surface area contributed by atoms with E-state index in [0.717, 1.165) is 5.69 Å². The number of rotatable bonds is 7. The van der Waals surface area contributed by atoms with Crippen LogP contribution in [0, 0.1) is 0 Å². The second-order valence-corrected chi connectivity index (χ2v) is 20.6. The molecule has 1 nitrogen and oxygen atoms in total. The summed E-state index contributed by atoms with van der Waals surface area (Å²) in [6.07, 6.45) is 0. The monoisotopic (exact) mass is 955 g/mol. The highest BCUT2D eigenvalue weighted by atomic mass is 32.1. The van der Waals surface area contributed by atoms with Crippen LogP contribution >= 0.6 is 11.3 Å². The minimum absolute atomic E-state index is 1.13. The van der Waals surface area contributed by atoms with Crippen molar-refractivity contribution < 1.29 is 0 Å². The molecule has 15 aromatic rings. The summed E-state index contributed by atoms with van der Waals surface area (Å²) in [4.78, 5) is 0. The van der Waals surface area contributed by atoms with Gasteiger partial charge >= 0.3 is 0 Å². The highest BCUT2D eigenvalue weighted by molar-refractivity contribution is 7.26. The standard InChI is InChI=1S/C72H45NS/c1-4-18-46(19-5-1)51-36-39-69-64(41-51)66-45-54(47-20-6-2-7-21-47)44-62(72(66)74-69)53-35-38-68-63(43-53)57-29-14-15-33-67(57)73(68)55-27-16-26-50(40-55)52-34-37-61-65(42-52)71(58-32-17-25-48-22-10-11-28-56(48)58)60-31-13-12-30-59(60)70(61)49-23-8-3-9-24-49/h1-45H. The van der Waals surface area contributed by atoms with Crippen molar-refractivity contribution in [1.82, 2.24) is 4.57 Å². The number of aromatic nitrogens is 1. The van der Waals surface area contributed by atoms with E-state index in [1.165, 1.54) is 141 Å². The quantitative estimate of drug-likeness (QED) is 0.140. The van der Waals surface area contributed by atoms with Gasteiger partial charge in [-0.05, 0) is 154 Å². The molecule has 0 N–H and O–H groups in total. The van der Waals surface area contributed by atoms with E-state index in [1.807, 2.05) is 11.3 Å². The summed E-state index contributed by atoms with van der Waals surface area (Å²) in [6, 6.07) is 101. The van der Waals surface area contributed by atoms with Gasteiger partial charge in [-0.15, -0.1) is 11.3 Å². The molecule has 2 heteroatoms. The van der Waals surface area contributed by atoms with E-state index >= 15 is 0 Å². The van der Waals surface area contributed by atoms with E-state index in [9.17, 15) is 0 Å². The number of fused-ring (bicyclic) bond motifs is 9. The van der Waals surface area contributed by atoms with E-state index < -0.39 is 0 Å². The Balaban J connectivity index is 0.910. The van der Waals surface area contributed by atoms with E-state index in [2.05, 4.69) is 278 Å². The Labute approximate surface area is 433 Å². The third kappa shape index (κ3) is 6.84. The maximum Gasteiger partial charge on any atom is 0.0541 e. The van der Waals surface area contributed by atoms with Crippen LogP contribution in [0.1, 0.15) is 0 Å². The lowest BCUT2D eigenvalue weighted by atomic mass is 9.84. The maximum atomic E-state index is 2.46. The number of thiophene rings is 1. The molecule has 0 fully saturated rings. The second kappa shape index (κ2) is 17.2. The van der Waals surface area contributed by atoms with Gasteiger partial charge in [0.2, 0.25) is 0 Å². The minimum Gasteiger partial charge on any atom is -0.309 e. The molecule has 0 spiro atoms. The van der Waals surface area contributed by atoms with Gasteiger partial charge in [0.25, 0.3) is 0 Å². The molecule has 0 amide bonds. The molecule has 0 aliphatic carbocycles. The smallest absolute Gasteiger partial charge is 0.0541 e. The first kappa shape index (κ1) is 42.4. The highest BCUT2D eigenvalue weighted by Gasteiger charge is 2.21. The molecule has 0 radical (unpaired) electrons. The average Bonchev–Trinajstić information content (AvgIpc) is 4.04. The number of benzene rings is 13. The lowest BCUT2D eigenvalue weighted by Crippen LogP contribution is -1.95. The fourth-order valence-corrected chi connectivity index (χ4v) is 13.2. The Kier molecular flexibility index (Phi) is 9.83. The summed E-state index contributed by atoms with van der Waals surface area (Å²) in [5.74, 6) is 0. The Hall–Kier alpha value is -9.34. The van der Waals surface area contributed by atoms with E-state index in [1.54, 1.807) is 0 Å². The predicted octanol–water partition coefficient (Wildman–Crippen LogP) is 20.6. The maximum absolute atomic E-state index is 2.46. The van der Waals surface area contributed by atoms with Crippen molar-refractivity contribution in [3.8, 4) is 72.4 Å². The first-order valence-corrected chi connectivity index (χ1v) is 26.3. The lowest BCUT2D eigenvalue weighted by molar-refractivity contribution is 1.18. The Morgan fingerprint density at radius 3 is 1.57 bits per heavy atom. The van der Waals surface area contributed by atoms with Crippen LogP contribution in [0.15, 0.2) is 273 Å².